The molecule has 2 rings (SSSR count). The van der Waals surface area contributed by atoms with Crippen LogP contribution in [0.3, 0.4) is 0 Å². The van der Waals surface area contributed by atoms with E-state index in [1.54, 1.807) is 10.7 Å². The molecule has 0 saturated carbocycles. The Morgan fingerprint density at radius 1 is 1.29 bits per heavy atom. The van der Waals surface area contributed by atoms with Crippen molar-refractivity contribution in [3.05, 3.63) is 27.8 Å². The van der Waals surface area contributed by atoms with Crippen molar-refractivity contribution in [2.24, 2.45) is 5.84 Å². The van der Waals surface area contributed by atoms with Crippen LogP contribution in [-0.2, 0) is 0 Å². The van der Waals surface area contributed by atoms with Crippen molar-refractivity contribution in [3.63, 3.8) is 0 Å². The lowest BCUT2D eigenvalue weighted by Gasteiger charge is -2.06. The van der Waals surface area contributed by atoms with Gasteiger partial charge in [-0.05, 0) is 36.7 Å². The average molecular weight is 297 g/mol. The molecule has 0 aliphatic heterocycles. The molecular formula is C10H13BrN6. The Kier molecular flexibility index (Phi) is 3.12. The lowest BCUT2D eigenvalue weighted by molar-refractivity contribution is 0.793. The number of anilines is 1. The zero-order valence-corrected chi connectivity index (χ0v) is 11.4. The molecule has 3 N–H and O–H groups in total. The maximum absolute atomic E-state index is 5.36. The van der Waals surface area contributed by atoms with Gasteiger partial charge in [0.05, 0.1) is 15.9 Å². The Morgan fingerprint density at radius 2 is 2.00 bits per heavy atom. The monoisotopic (exact) mass is 296 g/mol. The van der Waals surface area contributed by atoms with Crippen LogP contribution in [0.2, 0.25) is 0 Å². The van der Waals surface area contributed by atoms with Crippen LogP contribution in [-0.4, -0.2) is 19.7 Å². The molecule has 90 valence electrons. The fourth-order valence-corrected chi connectivity index (χ4v) is 1.83. The van der Waals surface area contributed by atoms with Crippen molar-refractivity contribution in [3.8, 4) is 5.82 Å². The molecule has 6 nitrogen and oxygen atoms in total. The van der Waals surface area contributed by atoms with Gasteiger partial charge in [0, 0.05) is 6.07 Å². The molecule has 0 aromatic carbocycles. The molecule has 0 fully saturated rings. The minimum absolute atomic E-state index is 0.566. The standard InChI is InChI=1S/C10H13BrN6/c1-5-10(11)6(2)17(16-5)9-4-8(15-12)13-7(3)14-9/h4H,12H2,1-3H3,(H,13,14,15). The molecule has 0 bridgehead atoms. The number of nitrogen functional groups attached to an aromatic ring is 1. The van der Waals surface area contributed by atoms with E-state index in [1.165, 1.54) is 0 Å². The van der Waals surface area contributed by atoms with Gasteiger partial charge >= 0.3 is 0 Å². The van der Waals surface area contributed by atoms with Gasteiger partial charge in [0.1, 0.15) is 11.6 Å². The summed E-state index contributed by atoms with van der Waals surface area (Å²) in [4.78, 5) is 8.48. The first-order valence-electron chi connectivity index (χ1n) is 5.07. The minimum atomic E-state index is 0.566. The molecule has 2 heterocycles. The van der Waals surface area contributed by atoms with Crippen molar-refractivity contribution in [2.75, 3.05) is 5.43 Å². The highest BCUT2D eigenvalue weighted by Crippen LogP contribution is 2.22. The van der Waals surface area contributed by atoms with E-state index in [9.17, 15) is 0 Å². The molecule has 7 heteroatoms. The van der Waals surface area contributed by atoms with Crippen LogP contribution in [0.15, 0.2) is 10.5 Å². The second kappa shape index (κ2) is 4.42. The Labute approximate surface area is 107 Å². The Bertz CT molecular complexity index is 562. The van der Waals surface area contributed by atoms with Gasteiger partial charge in [-0.25, -0.2) is 20.5 Å². The second-order valence-electron chi connectivity index (χ2n) is 3.70. The van der Waals surface area contributed by atoms with E-state index in [4.69, 9.17) is 5.84 Å². The molecule has 0 aliphatic rings. The first-order chi connectivity index (χ1) is 8.02. The van der Waals surface area contributed by atoms with Gasteiger partial charge in [0.15, 0.2) is 5.82 Å². The molecule has 0 spiro atoms. The normalized spacial score (nSPS) is 10.6. The van der Waals surface area contributed by atoms with Crippen molar-refractivity contribution in [2.45, 2.75) is 20.8 Å². The van der Waals surface area contributed by atoms with Crippen LogP contribution < -0.4 is 11.3 Å². The maximum Gasteiger partial charge on any atom is 0.159 e. The van der Waals surface area contributed by atoms with E-state index in [2.05, 4.69) is 36.4 Å². The molecule has 0 aliphatic carbocycles. The van der Waals surface area contributed by atoms with E-state index in [0.717, 1.165) is 15.9 Å². The van der Waals surface area contributed by atoms with Gasteiger partial charge in [0.2, 0.25) is 0 Å². The zero-order chi connectivity index (χ0) is 12.6. The van der Waals surface area contributed by atoms with Crippen molar-refractivity contribution in [1.29, 1.82) is 0 Å². The number of hydrogen-bond donors (Lipinski definition) is 2. The number of hydrogen-bond acceptors (Lipinski definition) is 5. The molecule has 0 amide bonds. The number of aryl methyl sites for hydroxylation is 2. The Morgan fingerprint density at radius 3 is 2.53 bits per heavy atom. The number of halogens is 1. The third-order valence-corrected chi connectivity index (χ3v) is 3.54. The highest BCUT2D eigenvalue weighted by molar-refractivity contribution is 9.10. The topological polar surface area (TPSA) is 81.6 Å². The first-order valence-corrected chi connectivity index (χ1v) is 5.86. The van der Waals surface area contributed by atoms with Gasteiger partial charge in [-0.2, -0.15) is 5.10 Å². The summed E-state index contributed by atoms with van der Waals surface area (Å²) < 4.78 is 2.74. The molecule has 17 heavy (non-hydrogen) atoms. The second-order valence-corrected chi connectivity index (χ2v) is 4.49. The number of rotatable bonds is 2. The van der Waals surface area contributed by atoms with Gasteiger partial charge in [0.25, 0.3) is 0 Å². The number of hydrazine groups is 1. The number of nitrogens with zero attached hydrogens (tertiary/aromatic N) is 4. The van der Waals surface area contributed by atoms with E-state index < -0.39 is 0 Å². The molecule has 2 aromatic rings. The Hall–Kier alpha value is -1.47. The molecule has 0 unspecified atom stereocenters. The van der Waals surface area contributed by atoms with Crippen LogP contribution >= 0.6 is 15.9 Å². The highest BCUT2D eigenvalue weighted by Gasteiger charge is 2.12. The smallest absolute Gasteiger partial charge is 0.159 e. The number of aromatic nitrogens is 4. The van der Waals surface area contributed by atoms with Gasteiger partial charge < -0.3 is 5.43 Å². The average Bonchev–Trinajstić information content (AvgIpc) is 2.56. The summed E-state index contributed by atoms with van der Waals surface area (Å²) in [5.41, 5.74) is 4.42. The Balaban J connectivity index is 2.59. The molecule has 0 atom stereocenters. The van der Waals surface area contributed by atoms with Crippen molar-refractivity contribution >= 4 is 21.7 Å². The zero-order valence-electron chi connectivity index (χ0n) is 9.82. The fraction of sp³-hybridized carbons (Fsp3) is 0.300. The van der Waals surface area contributed by atoms with Crippen LogP contribution in [0, 0.1) is 20.8 Å². The summed E-state index contributed by atoms with van der Waals surface area (Å²) in [7, 11) is 0. The molecule has 0 saturated heterocycles. The van der Waals surface area contributed by atoms with Crippen LogP contribution in [0.1, 0.15) is 17.2 Å². The fourth-order valence-electron chi connectivity index (χ4n) is 1.58. The summed E-state index contributed by atoms with van der Waals surface area (Å²) in [5.74, 6) is 7.26. The van der Waals surface area contributed by atoms with Gasteiger partial charge in [-0.1, -0.05) is 0 Å². The van der Waals surface area contributed by atoms with Crippen LogP contribution in [0.5, 0.6) is 0 Å². The molecule has 2 aromatic heterocycles. The number of nitrogens with two attached hydrogens (primary N) is 1. The maximum atomic E-state index is 5.36. The minimum Gasteiger partial charge on any atom is -0.308 e. The van der Waals surface area contributed by atoms with Crippen LogP contribution in [0.4, 0.5) is 5.82 Å². The lowest BCUT2D eigenvalue weighted by Crippen LogP contribution is -2.12. The van der Waals surface area contributed by atoms with E-state index in [1.807, 2.05) is 20.8 Å². The van der Waals surface area contributed by atoms with Crippen molar-refractivity contribution < 1.29 is 0 Å². The van der Waals surface area contributed by atoms with E-state index in [-0.39, 0.29) is 0 Å². The first kappa shape index (κ1) is 12.0. The van der Waals surface area contributed by atoms with Gasteiger partial charge in [-0.15, -0.1) is 0 Å². The van der Waals surface area contributed by atoms with Crippen molar-refractivity contribution in [1.82, 2.24) is 19.7 Å². The van der Waals surface area contributed by atoms with Crippen LogP contribution in [0.25, 0.3) is 5.82 Å². The summed E-state index contributed by atoms with van der Waals surface area (Å²) in [5, 5.41) is 4.41. The predicted octanol–water partition coefficient (Wildman–Crippen LogP) is 1.64. The lowest BCUT2D eigenvalue weighted by atomic mass is 10.4. The SMILES string of the molecule is Cc1nc(NN)cc(-n2nc(C)c(Br)c2C)n1. The summed E-state index contributed by atoms with van der Waals surface area (Å²) >= 11 is 3.48. The highest BCUT2D eigenvalue weighted by atomic mass is 79.9. The predicted molar refractivity (Wildman–Crippen MR) is 68.9 cm³/mol. The largest absolute Gasteiger partial charge is 0.308 e. The van der Waals surface area contributed by atoms with Gasteiger partial charge in [-0.3, -0.25) is 0 Å². The molecular weight excluding hydrogens is 284 g/mol. The summed E-state index contributed by atoms with van der Waals surface area (Å²) in [6.07, 6.45) is 0. The number of nitrogens with one attached hydrogen (secondary N) is 1. The quantitative estimate of drug-likeness (QED) is 0.650. The summed E-state index contributed by atoms with van der Waals surface area (Å²) in [6, 6.07) is 1.75. The third kappa shape index (κ3) is 2.16. The molecule has 0 radical (unpaired) electrons. The van der Waals surface area contributed by atoms with E-state index in [0.29, 0.717) is 17.5 Å². The van der Waals surface area contributed by atoms with E-state index >= 15 is 0 Å². The third-order valence-electron chi connectivity index (χ3n) is 2.39. The summed E-state index contributed by atoms with van der Waals surface area (Å²) in [6.45, 7) is 5.71.